The Kier molecular flexibility index (Phi) is 5.21. The van der Waals surface area contributed by atoms with E-state index in [1.54, 1.807) is 0 Å². The fourth-order valence-electron chi connectivity index (χ4n) is 1.18. The van der Waals surface area contributed by atoms with E-state index in [4.69, 9.17) is 13.9 Å². The van der Waals surface area contributed by atoms with E-state index in [1.165, 1.54) is 0 Å². The summed E-state index contributed by atoms with van der Waals surface area (Å²) in [5.41, 5.74) is 0. The summed E-state index contributed by atoms with van der Waals surface area (Å²) < 4.78 is 15.3. The number of hydrogen-bond acceptors (Lipinski definition) is 3. The topological polar surface area (TPSA) is 27.7 Å². The van der Waals surface area contributed by atoms with E-state index < -0.39 is 9.04 Å². The van der Waals surface area contributed by atoms with Crippen LogP contribution in [0.3, 0.4) is 0 Å². The van der Waals surface area contributed by atoms with Gasteiger partial charge in [-0.25, -0.2) is 0 Å². The molecule has 0 bridgehead atoms. The average molecular weight is 226 g/mol. The Balaban J connectivity index is 0.000000167. The standard InChI is InChI=1S/C7H6O2.C4H12OSi/c1-2-4-7-6(3-1)8-5-9-7;1-4-5-6(2)3/h1-4H,5H2;6H,4H2,1-3H3. The second kappa shape index (κ2) is 6.47. The van der Waals surface area contributed by atoms with Crippen molar-refractivity contribution in [2.24, 2.45) is 0 Å². The molecule has 0 unspecified atom stereocenters. The van der Waals surface area contributed by atoms with Crippen LogP contribution in [0.1, 0.15) is 6.92 Å². The van der Waals surface area contributed by atoms with Crippen molar-refractivity contribution >= 4 is 9.04 Å². The van der Waals surface area contributed by atoms with Crippen molar-refractivity contribution in [2.45, 2.75) is 20.0 Å². The molecule has 0 saturated heterocycles. The molecule has 84 valence electrons. The highest BCUT2D eigenvalue weighted by Crippen LogP contribution is 2.30. The van der Waals surface area contributed by atoms with Crippen molar-refractivity contribution in [1.29, 1.82) is 0 Å². The molecule has 0 N–H and O–H groups in total. The molecule has 1 aliphatic rings. The molecule has 0 aliphatic carbocycles. The van der Waals surface area contributed by atoms with E-state index in [0.717, 1.165) is 18.1 Å². The zero-order valence-electron chi connectivity index (χ0n) is 9.53. The van der Waals surface area contributed by atoms with E-state index in [-0.39, 0.29) is 0 Å². The highest BCUT2D eigenvalue weighted by atomic mass is 28.3. The zero-order valence-corrected chi connectivity index (χ0v) is 10.7. The van der Waals surface area contributed by atoms with Gasteiger partial charge in [-0.2, -0.15) is 0 Å². The fourth-order valence-corrected chi connectivity index (χ4v) is 1.85. The summed E-state index contributed by atoms with van der Waals surface area (Å²) in [5, 5.41) is 0. The van der Waals surface area contributed by atoms with Gasteiger partial charge in [-0.3, -0.25) is 0 Å². The molecule has 0 saturated carbocycles. The molecule has 2 rings (SSSR count). The Bertz CT molecular complexity index is 266. The highest BCUT2D eigenvalue weighted by molar-refractivity contribution is 6.48. The largest absolute Gasteiger partial charge is 0.454 e. The molecule has 4 heteroatoms. The van der Waals surface area contributed by atoms with Gasteiger partial charge >= 0.3 is 0 Å². The molecule has 1 aromatic carbocycles. The predicted molar refractivity (Wildman–Crippen MR) is 63.1 cm³/mol. The molecule has 1 heterocycles. The second-order valence-electron chi connectivity index (χ2n) is 3.36. The monoisotopic (exact) mass is 226 g/mol. The fraction of sp³-hybridized carbons (Fsp3) is 0.455. The Hall–Kier alpha value is -1.00. The van der Waals surface area contributed by atoms with Crippen LogP contribution in [0.4, 0.5) is 0 Å². The van der Waals surface area contributed by atoms with Crippen LogP contribution in [0.25, 0.3) is 0 Å². The molecule has 1 aromatic rings. The van der Waals surface area contributed by atoms with Crippen LogP contribution in [-0.2, 0) is 4.43 Å². The lowest BCUT2D eigenvalue weighted by Gasteiger charge is -1.98. The number of hydrogen-bond donors (Lipinski definition) is 0. The first-order valence-corrected chi connectivity index (χ1v) is 7.98. The molecule has 0 amide bonds. The van der Waals surface area contributed by atoms with E-state index >= 15 is 0 Å². The maximum Gasteiger partial charge on any atom is 0.231 e. The zero-order chi connectivity index (χ0) is 11.1. The molecule has 1 aliphatic heterocycles. The lowest BCUT2D eigenvalue weighted by atomic mass is 10.3. The molecule has 0 atom stereocenters. The van der Waals surface area contributed by atoms with E-state index in [0.29, 0.717) is 6.79 Å². The third-order valence-electron chi connectivity index (χ3n) is 1.78. The van der Waals surface area contributed by atoms with Gasteiger partial charge in [0, 0.05) is 6.61 Å². The van der Waals surface area contributed by atoms with E-state index in [2.05, 4.69) is 13.1 Å². The molecule has 3 nitrogen and oxygen atoms in total. The lowest BCUT2D eigenvalue weighted by molar-refractivity contribution is 0.174. The first-order chi connectivity index (χ1) is 7.24. The minimum absolute atomic E-state index is 0.360. The van der Waals surface area contributed by atoms with Crippen molar-refractivity contribution in [1.82, 2.24) is 0 Å². The number of rotatable bonds is 2. The van der Waals surface area contributed by atoms with Crippen LogP contribution < -0.4 is 9.47 Å². The number of fused-ring (bicyclic) bond motifs is 1. The lowest BCUT2D eigenvalue weighted by Crippen LogP contribution is -2.05. The number of benzene rings is 1. The third-order valence-corrected chi connectivity index (χ3v) is 2.78. The normalized spacial score (nSPS) is 12.3. The summed E-state index contributed by atoms with van der Waals surface area (Å²) in [4.78, 5) is 0. The van der Waals surface area contributed by atoms with Gasteiger partial charge in [0.05, 0.1) is 0 Å². The third kappa shape index (κ3) is 4.36. The molecule has 0 spiro atoms. The van der Waals surface area contributed by atoms with Gasteiger partial charge in [0.25, 0.3) is 0 Å². The summed E-state index contributed by atoms with van der Waals surface area (Å²) in [7, 11) is -0.671. The van der Waals surface area contributed by atoms with E-state index in [1.807, 2.05) is 31.2 Å². The maximum atomic E-state index is 5.18. The van der Waals surface area contributed by atoms with Gasteiger partial charge in [-0.05, 0) is 32.2 Å². The first-order valence-electron chi connectivity index (χ1n) is 5.20. The first kappa shape index (κ1) is 12.1. The average Bonchev–Trinajstić information content (AvgIpc) is 2.65. The van der Waals surface area contributed by atoms with Gasteiger partial charge in [0.2, 0.25) is 6.79 Å². The van der Waals surface area contributed by atoms with Gasteiger partial charge < -0.3 is 13.9 Å². The van der Waals surface area contributed by atoms with Crippen molar-refractivity contribution in [3.8, 4) is 11.5 Å². The quantitative estimate of drug-likeness (QED) is 0.725. The summed E-state index contributed by atoms with van der Waals surface area (Å²) >= 11 is 0. The van der Waals surface area contributed by atoms with Crippen molar-refractivity contribution in [2.75, 3.05) is 13.4 Å². The van der Waals surface area contributed by atoms with Crippen molar-refractivity contribution in [3.05, 3.63) is 24.3 Å². The van der Waals surface area contributed by atoms with Crippen molar-refractivity contribution < 1.29 is 13.9 Å². The van der Waals surface area contributed by atoms with E-state index in [9.17, 15) is 0 Å². The molecular formula is C11H18O3Si. The van der Waals surface area contributed by atoms with Crippen LogP contribution in [-0.4, -0.2) is 22.4 Å². The Morgan fingerprint density at radius 2 is 1.73 bits per heavy atom. The Morgan fingerprint density at radius 3 is 2.07 bits per heavy atom. The molecule has 0 fully saturated rings. The number of ether oxygens (including phenoxy) is 2. The maximum absolute atomic E-state index is 5.18. The predicted octanol–water partition coefficient (Wildman–Crippen LogP) is 2.42. The molecular weight excluding hydrogens is 208 g/mol. The summed E-state index contributed by atoms with van der Waals surface area (Å²) in [6, 6.07) is 7.63. The molecule has 0 radical (unpaired) electrons. The van der Waals surface area contributed by atoms with Crippen LogP contribution in [0.5, 0.6) is 11.5 Å². The van der Waals surface area contributed by atoms with Gasteiger partial charge in [0.1, 0.15) is 0 Å². The number of para-hydroxylation sites is 2. The second-order valence-corrected chi connectivity index (χ2v) is 5.79. The van der Waals surface area contributed by atoms with Crippen LogP contribution in [0, 0.1) is 0 Å². The minimum atomic E-state index is -0.671. The Morgan fingerprint density at radius 1 is 1.20 bits per heavy atom. The van der Waals surface area contributed by atoms with Gasteiger partial charge in [0.15, 0.2) is 20.5 Å². The Labute approximate surface area is 92.7 Å². The van der Waals surface area contributed by atoms with Gasteiger partial charge in [-0.15, -0.1) is 0 Å². The van der Waals surface area contributed by atoms with Crippen molar-refractivity contribution in [3.63, 3.8) is 0 Å². The highest BCUT2D eigenvalue weighted by Gasteiger charge is 2.09. The molecule has 0 aromatic heterocycles. The van der Waals surface area contributed by atoms with Crippen LogP contribution >= 0.6 is 0 Å². The van der Waals surface area contributed by atoms with Crippen LogP contribution in [0.2, 0.25) is 13.1 Å². The SMILES string of the molecule is CCO[SiH](C)C.c1ccc2c(c1)OCO2. The summed E-state index contributed by atoms with van der Waals surface area (Å²) in [6.45, 7) is 7.63. The molecule has 15 heavy (non-hydrogen) atoms. The summed E-state index contributed by atoms with van der Waals surface area (Å²) in [5.74, 6) is 1.69. The minimum Gasteiger partial charge on any atom is -0.454 e. The van der Waals surface area contributed by atoms with Crippen LogP contribution in [0.15, 0.2) is 24.3 Å². The van der Waals surface area contributed by atoms with Gasteiger partial charge in [-0.1, -0.05) is 12.1 Å². The smallest absolute Gasteiger partial charge is 0.231 e. The summed E-state index contributed by atoms with van der Waals surface area (Å²) in [6.07, 6.45) is 0.